The lowest BCUT2D eigenvalue weighted by Gasteiger charge is -2.12. The molecule has 0 saturated heterocycles. The van der Waals surface area contributed by atoms with Crippen LogP contribution in [0, 0.1) is 11.6 Å². The first-order chi connectivity index (χ1) is 10.1. The van der Waals surface area contributed by atoms with Crippen molar-refractivity contribution in [2.45, 2.75) is 6.42 Å². The Morgan fingerprint density at radius 3 is 2.24 bits per heavy atom. The van der Waals surface area contributed by atoms with Crippen LogP contribution in [0.4, 0.5) is 8.78 Å². The van der Waals surface area contributed by atoms with E-state index in [2.05, 4.69) is 0 Å². The topological polar surface area (TPSA) is 35.5 Å². The summed E-state index contributed by atoms with van der Waals surface area (Å²) in [6, 6.07) is 7.91. The van der Waals surface area contributed by atoms with Gasteiger partial charge in [0.25, 0.3) is 0 Å². The van der Waals surface area contributed by atoms with Crippen molar-refractivity contribution in [3.05, 3.63) is 59.2 Å². The summed E-state index contributed by atoms with van der Waals surface area (Å²) in [4.78, 5) is 12.4. The summed E-state index contributed by atoms with van der Waals surface area (Å²) in [7, 11) is 2.85. The highest BCUT2D eigenvalue weighted by Crippen LogP contribution is 2.29. The molecular formula is C16H14F2O3. The van der Waals surface area contributed by atoms with Crippen LogP contribution >= 0.6 is 0 Å². The van der Waals surface area contributed by atoms with Crippen molar-refractivity contribution in [2.24, 2.45) is 0 Å². The third kappa shape index (κ3) is 3.18. The molecule has 0 heterocycles. The Bertz CT molecular complexity index is 646. The van der Waals surface area contributed by atoms with Gasteiger partial charge in [0.05, 0.1) is 14.2 Å². The molecule has 0 unspecified atom stereocenters. The lowest BCUT2D eigenvalue weighted by molar-refractivity contribution is 0.0985. The molecule has 2 rings (SSSR count). The van der Waals surface area contributed by atoms with Gasteiger partial charge in [0, 0.05) is 6.42 Å². The zero-order valence-electron chi connectivity index (χ0n) is 11.7. The fourth-order valence-corrected chi connectivity index (χ4v) is 2.07. The lowest BCUT2D eigenvalue weighted by atomic mass is 10.0. The van der Waals surface area contributed by atoms with Crippen LogP contribution in [0.5, 0.6) is 11.5 Å². The number of hydrogen-bond donors (Lipinski definition) is 0. The minimum absolute atomic E-state index is 0.00652. The molecule has 5 heteroatoms. The highest BCUT2D eigenvalue weighted by Gasteiger charge is 2.19. The fraction of sp³-hybridized carbons (Fsp3) is 0.188. The van der Waals surface area contributed by atoms with E-state index < -0.39 is 17.4 Å². The van der Waals surface area contributed by atoms with E-state index in [9.17, 15) is 13.6 Å². The van der Waals surface area contributed by atoms with Gasteiger partial charge in [0.1, 0.15) is 28.7 Å². The Labute approximate surface area is 121 Å². The predicted octanol–water partition coefficient (Wildman–Crippen LogP) is 3.41. The van der Waals surface area contributed by atoms with Gasteiger partial charge in [-0.05, 0) is 35.9 Å². The second-order valence-electron chi connectivity index (χ2n) is 4.37. The minimum atomic E-state index is -0.626. The summed E-state index contributed by atoms with van der Waals surface area (Å²) < 4.78 is 37.1. The summed E-state index contributed by atoms with van der Waals surface area (Å²) in [5.74, 6) is -0.967. The molecule has 0 saturated carbocycles. The maximum absolute atomic E-state index is 13.6. The van der Waals surface area contributed by atoms with E-state index in [1.165, 1.54) is 14.2 Å². The Kier molecular flexibility index (Phi) is 4.52. The monoisotopic (exact) mass is 292 g/mol. The average Bonchev–Trinajstić information content (AvgIpc) is 2.49. The summed E-state index contributed by atoms with van der Waals surface area (Å²) in [5.41, 5.74) is 0.208. The second-order valence-corrected chi connectivity index (χ2v) is 4.37. The van der Waals surface area contributed by atoms with Gasteiger partial charge in [0.2, 0.25) is 0 Å². The van der Waals surface area contributed by atoms with Gasteiger partial charge < -0.3 is 9.47 Å². The zero-order chi connectivity index (χ0) is 15.4. The fourth-order valence-electron chi connectivity index (χ4n) is 2.07. The van der Waals surface area contributed by atoms with Crippen LogP contribution < -0.4 is 9.47 Å². The van der Waals surface area contributed by atoms with E-state index in [-0.39, 0.29) is 17.5 Å². The van der Waals surface area contributed by atoms with Crippen LogP contribution in [0.15, 0.2) is 36.4 Å². The summed E-state index contributed by atoms with van der Waals surface area (Å²) >= 11 is 0. The van der Waals surface area contributed by atoms with Crippen LogP contribution in [0.25, 0.3) is 0 Å². The molecular weight excluding hydrogens is 278 g/mol. The van der Waals surface area contributed by atoms with Crippen molar-refractivity contribution in [1.29, 1.82) is 0 Å². The van der Waals surface area contributed by atoms with Crippen LogP contribution in [0.1, 0.15) is 15.9 Å². The number of benzene rings is 2. The molecule has 110 valence electrons. The normalized spacial score (nSPS) is 10.3. The van der Waals surface area contributed by atoms with Gasteiger partial charge in [-0.1, -0.05) is 6.07 Å². The number of rotatable bonds is 5. The number of Topliss-reactive ketones (excluding diaryl/α,β-unsaturated/α-hetero) is 1. The van der Waals surface area contributed by atoms with E-state index in [4.69, 9.17) is 9.47 Å². The third-order valence-corrected chi connectivity index (χ3v) is 3.07. The Morgan fingerprint density at radius 1 is 1.05 bits per heavy atom. The molecule has 2 aromatic rings. The van der Waals surface area contributed by atoms with Crippen LogP contribution in [0.3, 0.4) is 0 Å². The maximum Gasteiger partial charge on any atom is 0.174 e. The van der Waals surface area contributed by atoms with Gasteiger partial charge in [0.15, 0.2) is 5.78 Å². The predicted molar refractivity (Wildman–Crippen MR) is 73.9 cm³/mol. The van der Waals surface area contributed by atoms with E-state index in [1.54, 1.807) is 18.2 Å². The van der Waals surface area contributed by atoms with Crippen LogP contribution in [-0.2, 0) is 6.42 Å². The number of ether oxygens (including phenoxy) is 2. The standard InChI is InChI=1S/C16H14F2O3/c1-20-14-4-3-5-15(21-2)16(14)13(19)9-10-8-11(17)6-7-12(10)18/h3-8H,9H2,1-2H3. The molecule has 0 amide bonds. The number of methoxy groups -OCH3 is 2. The number of carbonyl (C=O) groups is 1. The summed E-state index contributed by atoms with van der Waals surface area (Å²) in [6.07, 6.45) is -0.277. The molecule has 21 heavy (non-hydrogen) atoms. The van der Waals surface area contributed by atoms with Crippen molar-refractivity contribution in [2.75, 3.05) is 14.2 Å². The highest BCUT2D eigenvalue weighted by molar-refractivity contribution is 6.02. The highest BCUT2D eigenvalue weighted by atomic mass is 19.1. The van der Waals surface area contributed by atoms with Gasteiger partial charge >= 0.3 is 0 Å². The number of ketones is 1. The SMILES string of the molecule is COc1cccc(OC)c1C(=O)Cc1cc(F)ccc1F. The van der Waals surface area contributed by atoms with Crippen molar-refractivity contribution in [1.82, 2.24) is 0 Å². The number of halogens is 2. The van der Waals surface area contributed by atoms with Crippen molar-refractivity contribution in [3.63, 3.8) is 0 Å². The molecule has 0 atom stereocenters. The molecule has 0 radical (unpaired) electrons. The van der Waals surface area contributed by atoms with E-state index in [1.807, 2.05) is 0 Å². The molecule has 0 fully saturated rings. The minimum Gasteiger partial charge on any atom is -0.496 e. The Morgan fingerprint density at radius 2 is 1.67 bits per heavy atom. The molecule has 0 aliphatic heterocycles. The van der Waals surface area contributed by atoms with Crippen molar-refractivity contribution >= 4 is 5.78 Å². The first-order valence-electron chi connectivity index (χ1n) is 6.25. The molecule has 0 aliphatic rings. The van der Waals surface area contributed by atoms with Gasteiger partial charge in [-0.15, -0.1) is 0 Å². The quantitative estimate of drug-likeness (QED) is 0.792. The van der Waals surface area contributed by atoms with E-state index in [0.29, 0.717) is 11.5 Å². The maximum atomic E-state index is 13.6. The third-order valence-electron chi connectivity index (χ3n) is 3.07. The number of carbonyl (C=O) groups excluding carboxylic acids is 1. The zero-order valence-corrected chi connectivity index (χ0v) is 11.7. The van der Waals surface area contributed by atoms with Gasteiger partial charge in [-0.2, -0.15) is 0 Å². The smallest absolute Gasteiger partial charge is 0.174 e. The summed E-state index contributed by atoms with van der Waals surface area (Å²) in [5, 5.41) is 0. The molecule has 0 bridgehead atoms. The first-order valence-corrected chi connectivity index (χ1v) is 6.25. The first kappa shape index (κ1) is 15.0. The Balaban J connectivity index is 2.38. The van der Waals surface area contributed by atoms with E-state index in [0.717, 1.165) is 18.2 Å². The van der Waals surface area contributed by atoms with E-state index >= 15 is 0 Å². The van der Waals surface area contributed by atoms with Gasteiger partial charge in [-0.3, -0.25) is 4.79 Å². The average molecular weight is 292 g/mol. The lowest BCUT2D eigenvalue weighted by Crippen LogP contribution is -2.09. The molecule has 0 N–H and O–H groups in total. The molecule has 0 aromatic heterocycles. The Hall–Kier alpha value is -2.43. The van der Waals surface area contributed by atoms with Crippen LogP contribution in [0.2, 0.25) is 0 Å². The summed E-state index contributed by atoms with van der Waals surface area (Å²) in [6.45, 7) is 0. The molecule has 3 nitrogen and oxygen atoms in total. The van der Waals surface area contributed by atoms with Gasteiger partial charge in [-0.25, -0.2) is 8.78 Å². The molecule has 0 spiro atoms. The van der Waals surface area contributed by atoms with Crippen molar-refractivity contribution in [3.8, 4) is 11.5 Å². The largest absolute Gasteiger partial charge is 0.496 e. The van der Waals surface area contributed by atoms with Crippen LogP contribution in [-0.4, -0.2) is 20.0 Å². The van der Waals surface area contributed by atoms with Crippen molar-refractivity contribution < 1.29 is 23.0 Å². The molecule has 0 aliphatic carbocycles. The second kappa shape index (κ2) is 6.35. The number of hydrogen-bond acceptors (Lipinski definition) is 3. The molecule has 2 aromatic carbocycles.